The van der Waals surface area contributed by atoms with Crippen molar-refractivity contribution in [1.29, 1.82) is 0 Å². The van der Waals surface area contributed by atoms with Gasteiger partial charge in [0, 0.05) is 26.2 Å². The van der Waals surface area contributed by atoms with Crippen LogP contribution in [0.3, 0.4) is 0 Å². The molecule has 0 radical (unpaired) electrons. The van der Waals surface area contributed by atoms with E-state index in [9.17, 15) is 0 Å². The molecule has 0 saturated carbocycles. The van der Waals surface area contributed by atoms with Gasteiger partial charge in [-0.05, 0) is 24.6 Å². The molecular weight excluding hydrogens is 431 g/mol. The van der Waals surface area contributed by atoms with Crippen molar-refractivity contribution >= 4 is 29.9 Å². The number of rotatable bonds is 8. The minimum Gasteiger partial charge on any atom is -0.492 e. The number of nitrogens with zero attached hydrogens (tertiary/aromatic N) is 2. The second-order valence-electron chi connectivity index (χ2n) is 5.96. The van der Waals surface area contributed by atoms with Crippen molar-refractivity contribution in [2.24, 2.45) is 10.7 Å². The van der Waals surface area contributed by atoms with E-state index in [2.05, 4.69) is 21.8 Å². The van der Waals surface area contributed by atoms with E-state index >= 15 is 0 Å². The summed E-state index contributed by atoms with van der Waals surface area (Å²) >= 11 is 0. The molecule has 1 aliphatic heterocycles. The van der Waals surface area contributed by atoms with E-state index in [1.54, 1.807) is 0 Å². The number of guanidine groups is 1. The molecule has 2 rings (SSSR count). The smallest absolute Gasteiger partial charge is 0.189 e. The molecule has 140 valence electrons. The van der Waals surface area contributed by atoms with Gasteiger partial charge < -0.3 is 20.5 Å². The number of hydrogen-bond acceptors (Lipinski definition) is 4. The summed E-state index contributed by atoms with van der Waals surface area (Å²) in [5, 5.41) is 3.02. The number of aliphatic imine (C=N–C) groups is 1. The lowest BCUT2D eigenvalue weighted by atomic mass is 10.2. The van der Waals surface area contributed by atoms with E-state index in [0.29, 0.717) is 25.7 Å². The highest BCUT2D eigenvalue weighted by Gasteiger charge is 2.09. The van der Waals surface area contributed by atoms with Crippen LogP contribution in [-0.4, -0.2) is 56.9 Å². The zero-order valence-electron chi connectivity index (χ0n) is 14.9. The van der Waals surface area contributed by atoms with E-state index in [1.165, 1.54) is 0 Å². The van der Waals surface area contributed by atoms with Crippen LogP contribution in [0, 0.1) is 0 Å². The summed E-state index contributed by atoms with van der Waals surface area (Å²) in [6.07, 6.45) is 0. The Morgan fingerprint density at radius 1 is 1.40 bits per heavy atom. The van der Waals surface area contributed by atoms with Gasteiger partial charge in [0.2, 0.25) is 0 Å². The van der Waals surface area contributed by atoms with Gasteiger partial charge in [-0.15, -0.1) is 24.0 Å². The van der Waals surface area contributed by atoms with Gasteiger partial charge in [0.25, 0.3) is 0 Å². The number of halogens is 1. The van der Waals surface area contributed by atoms with Gasteiger partial charge in [0.1, 0.15) is 12.4 Å². The van der Waals surface area contributed by atoms with Crippen LogP contribution in [0.1, 0.15) is 12.5 Å². The van der Waals surface area contributed by atoms with Crippen LogP contribution in [0.15, 0.2) is 41.4 Å². The molecule has 1 heterocycles. The Morgan fingerprint density at radius 2 is 2.16 bits per heavy atom. The zero-order chi connectivity index (χ0) is 17.2. The molecule has 7 heteroatoms. The molecule has 6 nitrogen and oxygen atoms in total. The Bertz CT molecular complexity index is 560. The van der Waals surface area contributed by atoms with Crippen molar-refractivity contribution in [1.82, 2.24) is 10.2 Å². The Labute approximate surface area is 167 Å². The predicted molar refractivity (Wildman–Crippen MR) is 113 cm³/mol. The highest BCUT2D eigenvalue weighted by atomic mass is 127. The lowest BCUT2D eigenvalue weighted by molar-refractivity contribution is 0.0322. The number of morpholine rings is 1. The second kappa shape index (κ2) is 12.1. The fourth-order valence-electron chi connectivity index (χ4n) is 2.32. The van der Waals surface area contributed by atoms with Gasteiger partial charge in [-0.2, -0.15) is 0 Å². The number of nitrogens with one attached hydrogen (secondary N) is 1. The first kappa shape index (κ1) is 21.7. The Morgan fingerprint density at radius 3 is 2.88 bits per heavy atom. The molecule has 1 aromatic rings. The molecule has 1 aliphatic rings. The molecule has 1 fully saturated rings. The quantitative estimate of drug-likeness (QED) is 0.269. The van der Waals surface area contributed by atoms with E-state index in [4.69, 9.17) is 15.2 Å². The van der Waals surface area contributed by atoms with Crippen LogP contribution in [0.2, 0.25) is 0 Å². The van der Waals surface area contributed by atoms with Crippen molar-refractivity contribution in [2.45, 2.75) is 13.5 Å². The maximum absolute atomic E-state index is 5.85. The van der Waals surface area contributed by atoms with Crippen molar-refractivity contribution in [3.05, 3.63) is 42.0 Å². The molecule has 0 amide bonds. The first-order chi connectivity index (χ1) is 11.6. The number of benzene rings is 1. The Kier molecular flexibility index (Phi) is 10.5. The minimum atomic E-state index is 0. The van der Waals surface area contributed by atoms with E-state index < -0.39 is 0 Å². The van der Waals surface area contributed by atoms with Gasteiger partial charge in [-0.25, -0.2) is 4.99 Å². The average Bonchev–Trinajstić information content (AvgIpc) is 2.59. The summed E-state index contributed by atoms with van der Waals surface area (Å²) in [4.78, 5) is 6.68. The van der Waals surface area contributed by atoms with Crippen LogP contribution in [0.4, 0.5) is 0 Å². The molecule has 3 N–H and O–H groups in total. The van der Waals surface area contributed by atoms with E-state index in [1.807, 2.05) is 31.2 Å². The monoisotopic (exact) mass is 460 g/mol. The molecule has 0 aromatic heterocycles. The predicted octanol–water partition coefficient (Wildman–Crippen LogP) is 2.00. The molecule has 0 spiro atoms. The molecule has 0 atom stereocenters. The van der Waals surface area contributed by atoms with Crippen molar-refractivity contribution in [3.63, 3.8) is 0 Å². The van der Waals surface area contributed by atoms with Crippen molar-refractivity contribution in [2.75, 3.05) is 46.0 Å². The highest BCUT2D eigenvalue weighted by Crippen LogP contribution is 2.14. The molecule has 0 unspecified atom stereocenters. The van der Waals surface area contributed by atoms with Crippen LogP contribution >= 0.6 is 24.0 Å². The van der Waals surface area contributed by atoms with Crippen LogP contribution < -0.4 is 15.8 Å². The fraction of sp³-hybridized carbons (Fsp3) is 0.500. The van der Waals surface area contributed by atoms with Crippen LogP contribution in [0.25, 0.3) is 0 Å². The zero-order valence-corrected chi connectivity index (χ0v) is 17.2. The maximum Gasteiger partial charge on any atom is 0.189 e. The lowest BCUT2D eigenvalue weighted by Crippen LogP contribution is -2.38. The number of ether oxygens (including phenoxy) is 2. The summed E-state index contributed by atoms with van der Waals surface area (Å²) in [6, 6.07) is 7.97. The molecule has 0 aliphatic carbocycles. The average molecular weight is 460 g/mol. The SMILES string of the molecule is C=C(C)CNC(N)=NCc1cccc(OCCN2CCOCC2)c1.I. The third kappa shape index (κ3) is 9.08. The normalized spacial score (nSPS) is 15.3. The summed E-state index contributed by atoms with van der Waals surface area (Å²) in [5.74, 6) is 1.29. The molecule has 1 saturated heterocycles. The van der Waals surface area contributed by atoms with E-state index in [0.717, 1.165) is 49.7 Å². The second-order valence-corrected chi connectivity index (χ2v) is 5.96. The summed E-state index contributed by atoms with van der Waals surface area (Å²) in [5.41, 5.74) is 7.91. The van der Waals surface area contributed by atoms with Gasteiger partial charge in [-0.1, -0.05) is 24.3 Å². The van der Waals surface area contributed by atoms with Gasteiger partial charge in [-0.3, -0.25) is 4.90 Å². The van der Waals surface area contributed by atoms with Crippen LogP contribution in [0.5, 0.6) is 5.75 Å². The standard InChI is InChI=1S/C18H28N4O2.HI/c1-15(2)13-20-18(19)21-14-16-4-3-5-17(12-16)24-11-8-22-6-9-23-10-7-22;/h3-5,12H,1,6-11,13-14H2,2H3,(H3,19,20,21);1H. The van der Waals surface area contributed by atoms with Gasteiger partial charge >= 0.3 is 0 Å². The van der Waals surface area contributed by atoms with Crippen molar-refractivity contribution < 1.29 is 9.47 Å². The molecule has 25 heavy (non-hydrogen) atoms. The Hall–Kier alpha value is -1.32. The third-order valence-electron chi connectivity index (χ3n) is 3.68. The van der Waals surface area contributed by atoms with Gasteiger partial charge in [0.15, 0.2) is 5.96 Å². The van der Waals surface area contributed by atoms with Crippen molar-refractivity contribution in [3.8, 4) is 5.75 Å². The Balaban J connectivity index is 0.00000312. The van der Waals surface area contributed by atoms with E-state index in [-0.39, 0.29) is 24.0 Å². The first-order valence-corrected chi connectivity index (χ1v) is 8.33. The topological polar surface area (TPSA) is 72.1 Å². The summed E-state index contributed by atoms with van der Waals surface area (Å²) < 4.78 is 11.2. The fourth-order valence-corrected chi connectivity index (χ4v) is 2.32. The third-order valence-corrected chi connectivity index (χ3v) is 3.68. The molecule has 1 aromatic carbocycles. The number of hydrogen-bond donors (Lipinski definition) is 2. The van der Waals surface area contributed by atoms with Crippen LogP contribution in [-0.2, 0) is 11.3 Å². The maximum atomic E-state index is 5.85. The molecule has 0 bridgehead atoms. The highest BCUT2D eigenvalue weighted by molar-refractivity contribution is 14.0. The lowest BCUT2D eigenvalue weighted by Gasteiger charge is -2.26. The minimum absolute atomic E-state index is 0. The van der Waals surface area contributed by atoms with Gasteiger partial charge in [0.05, 0.1) is 19.8 Å². The first-order valence-electron chi connectivity index (χ1n) is 8.33. The number of nitrogens with two attached hydrogens (primary N) is 1. The summed E-state index contributed by atoms with van der Waals surface area (Å²) in [7, 11) is 0. The molecular formula is C18H29IN4O2. The largest absolute Gasteiger partial charge is 0.492 e. The summed E-state index contributed by atoms with van der Waals surface area (Å²) in [6.45, 7) is 12.1.